The molecule has 1 atom stereocenters. The van der Waals surface area contributed by atoms with Gasteiger partial charge in [-0.05, 0) is 13.3 Å². The maximum Gasteiger partial charge on any atom is 0.150 e. The molecule has 0 saturated carbocycles. The van der Waals surface area contributed by atoms with E-state index in [1.165, 1.54) is 0 Å². The average Bonchev–Trinajstić information content (AvgIpc) is 1.87. The Morgan fingerprint density at radius 1 is 1.75 bits per heavy atom. The van der Waals surface area contributed by atoms with E-state index in [1.807, 2.05) is 6.92 Å². The highest BCUT2D eigenvalue weighted by Gasteiger charge is 2.18. The van der Waals surface area contributed by atoms with E-state index in [2.05, 4.69) is 6.07 Å². The van der Waals surface area contributed by atoms with Crippen LogP contribution in [0, 0.1) is 11.3 Å². The van der Waals surface area contributed by atoms with Crippen LogP contribution in [0.25, 0.3) is 0 Å². The summed E-state index contributed by atoms with van der Waals surface area (Å²) in [5.41, 5.74) is -0.569. The van der Waals surface area contributed by atoms with Crippen LogP contribution in [0.5, 0.6) is 0 Å². The predicted octanol–water partition coefficient (Wildman–Crippen LogP) is 1.33. The molecule has 0 spiro atoms. The van der Waals surface area contributed by atoms with Gasteiger partial charge < -0.3 is 4.74 Å². The van der Waals surface area contributed by atoms with Crippen molar-refractivity contribution in [2.75, 3.05) is 7.11 Å². The minimum atomic E-state index is -0.569. The van der Waals surface area contributed by atoms with Crippen molar-refractivity contribution in [3.63, 3.8) is 0 Å². The zero-order valence-corrected chi connectivity index (χ0v) is 5.56. The quantitative estimate of drug-likeness (QED) is 0.541. The molecule has 0 N–H and O–H groups in total. The van der Waals surface area contributed by atoms with Gasteiger partial charge in [0.2, 0.25) is 0 Å². The van der Waals surface area contributed by atoms with E-state index in [-0.39, 0.29) is 0 Å². The van der Waals surface area contributed by atoms with E-state index in [0.29, 0.717) is 0 Å². The number of hydrogen-bond donors (Lipinski definition) is 0. The van der Waals surface area contributed by atoms with E-state index in [1.54, 1.807) is 14.0 Å². The Morgan fingerprint density at radius 3 is 2.25 bits per heavy atom. The van der Waals surface area contributed by atoms with Crippen molar-refractivity contribution in [3.8, 4) is 6.07 Å². The number of methoxy groups -OCH3 is 1. The van der Waals surface area contributed by atoms with Gasteiger partial charge in [0.1, 0.15) is 0 Å². The SMILES string of the molecule is CCC(C)(C#N)OC. The Balaban J connectivity index is 3.83. The van der Waals surface area contributed by atoms with Gasteiger partial charge in [-0.2, -0.15) is 5.26 Å². The van der Waals surface area contributed by atoms with Crippen LogP contribution in [0.2, 0.25) is 0 Å². The third-order valence-electron chi connectivity index (χ3n) is 1.36. The first-order valence-electron chi connectivity index (χ1n) is 2.65. The van der Waals surface area contributed by atoms with Gasteiger partial charge >= 0.3 is 0 Å². The van der Waals surface area contributed by atoms with Crippen molar-refractivity contribution in [2.24, 2.45) is 0 Å². The summed E-state index contributed by atoms with van der Waals surface area (Å²) in [6, 6.07) is 2.06. The van der Waals surface area contributed by atoms with Crippen LogP contribution in [0.3, 0.4) is 0 Å². The second kappa shape index (κ2) is 2.68. The van der Waals surface area contributed by atoms with Gasteiger partial charge in [-0.1, -0.05) is 6.92 Å². The van der Waals surface area contributed by atoms with Crippen LogP contribution < -0.4 is 0 Å². The monoisotopic (exact) mass is 113 g/mol. The van der Waals surface area contributed by atoms with Crippen molar-refractivity contribution in [1.29, 1.82) is 5.26 Å². The summed E-state index contributed by atoms with van der Waals surface area (Å²) in [6.45, 7) is 3.69. The van der Waals surface area contributed by atoms with Gasteiger partial charge in [0.15, 0.2) is 5.60 Å². The Kier molecular flexibility index (Phi) is 2.50. The van der Waals surface area contributed by atoms with Gasteiger partial charge in [-0.25, -0.2) is 0 Å². The third-order valence-corrected chi connectivity index (χ3v) is 1.36. The molecular formula is C6H11NO. The number of ether oxygens (including phenoxy) is 1. The molecule has 0 heterocycles. The summed E-state index contributed by atoms with van der Waals surface area (Å²) in [5, 5.41) is 8.41. The van der Waals surface area contributed by atoms with E-state index < -0.39 is 5.60 Å². The standard InChI is InChI=1S/C6H11NO/c1-4-6(2,5-7)8-3/h4H2,1-3H3. The Morgan fingerprint density at radius 2 is 2.25 bits per heavy atom. The van der Waals surface area contributed by atoms with Crippen molar-refractivity contribution in [1.82, 2.24) is 0 Å². The number of rotatable bonds is 2. The number of nitriles is 1. The molecule has 2 heteroatoms. The molecule has 2 nitrogen and oxygen atoms in total. The van der Waals surface area contributed by atoms with E-state index in [4.69, 9.17) is 10.00 Å². The zero-order chi connectivity index (χ0) is 6.62. The Labute approximate surface area is 50.1 Å². The van der Waals surface area contributed by atoms with E-state index in [9.17, 15) is 0 Å². The van der Waals surface area contributed by atoms with Crippen LogP contribution >= 0.6 is 0 Å². The molecule has 0 aliphatic rings. The number of hydrogen-bond acceptors (Lipinski definition) is 2. The smallest absolute Gasteiger partial charge is 0.150 e. The van der Waals surface area contributed by atoms with Crippen LogP contribution in [-0.2, 0) is 4.74 Å². The van der Waals surface area contributed by atoms with Gasteiger partial charge in [-0.3, -0.25) is 0 Å². The predicted molar refractivity (Wildman–Crippen MR) is 31.3 cm³/mol. The molecule has 0 aliphatic heterocycles. The molecule has 0 bridgehead atoms. The fraction of sp³-hybridized carbons (Fsp3) is 0.833. The fourth-order valence-electron chi connectivity index (χ4n) is 0.269. The molecule has 0 fully saturated rings. The van der Waals surface area contributed by atoms with Gasteiger partial charge in [0.25, 0.3) is 0 Å². The van der Waals surface area contributed by atoms with Crippen molar-refractivity contribution >= 4 is 0 Å². The summed E-state index contributed by atoms with van der Waals surface area (Å²) >= 11 is 0. The van der Waals surface area contributed by atoms with Crippen molar-refractivity contribution < 1.29 is 4.74 Å². The molecule has 0 saturated heterocycles. The summed E-state index contributed by atoms with van der Waals surface area (Å²) in [4.78, 5) is 0. The number of nitrogens with zero attached hydrogens (tertiary/aromatic N) is 1. The maximum absolute atomic E-state index is 8.41. The van der Waals surface area contributed by atoms with E-state index in [0.717, 1.165) is 6.42 Å². The minimum Gasteiger partial charge on any atom is -0.364 e. The molecule has 0 aromatic rings. The molecule has 0 aliphatic carbocycles. The van der Waals surface area contributed by atoms with Crippen LogP contribution in [-0.4, -0.2) is 12.7 Å². The highest BCUT2D eigenvalue weighted by atomic mass is 16.5. The first-order chi connectivity index (χ1) is 3.68. The molecule has 8 heavy (non-hydrogen) atoms. The molecule has 0 aromatic carbocycles. The van der Waals surface area contributed by atoms with Crippen LogP contribution in [0.1, 0.15) is 20.3 Å². The second-order valence-electron chi connectivity index (χ2n) is 1.90. The Bertz CT molecular complexity index is 99.6. The molecule has 46 valence electrons. The molecule has 0 rings (SSSR count). The van der Waals surface area contributed by atoms with Gasteiger partial charge in [-0.15, -0.1) is 0 Å². The molecule has 1 unspecified atom stereocenters. The highest BCUT2D eigenvalue weighted by molar-refractivity contribution is 4.96. The summed E-state index contributed by atoms with van der Waals surface area (Å²) < 4.78 is 4.88. The zero-order valence-electron chi connectivity index (χ0n) is 5.56. The molecule has 0 radical (unpaired) electrons. The minimum absolute atomic E-state index is 0.569. The molecule has 0 amide bonds. The summed E-state index contributed by atoms with van der Waals surface area (Å²) in [5.74, 6) is 0. The average molecular weight is 113 g/mol. The van der Waals surface area contributed by atoms with Crippen LogP contribution in [0.4, 0.5) is 0 Å². The van der Waals surface area contributed by atoms with Crippen LogP contribution in [0.15, 0.2) is 0 Å². The summed E-state index contributed by atoms with van der Waals surface area (Å²) in [6.07, 6.45) is 0.736. The second-order valence-corrected chi connectivity index (χ2v) is 1.90. The lowest BCUT2D eigenvalue weighted by Crippen LogP contribution is -2.22. The Hall–Kier alpha value is -0.550. The molecule has 0 aromatic heterocycles. The lowest BCUT2D eigenvalue weighted by atomic mass is 10.1. The van der Waals surface area contributed by atoms with E-state index >= 15 is 0 Å². The lowest BCUT2D eigenvalue weighted by molar-refractivity contribution is 0.0524. The highest BCUT2D eigenvalue weighted by Crippen LogP contribution is 2.10. The van der Waals surface area contributed by atoms with Crippen molar-refractivity contribution in [2.45, 2.75) is 25.9 Å². The fourth-order valence-corrected chi connectivity index (χ4v) is 0.269. The third kappa shape index (κ3) is 1.51. The maximum atomic E-state index is 8.41. The van der Waals surface area contributed by atoms with Gasteiger partial charge in [0, 0.05) is 7.11 Å². The summed E-state index contributed by atoms with van der Waals surface area (Å²) in [7, 11) is 1.55. The molecular weight excluding hydrogens is 102 g/mol. The normalized spacial score (nSPS) is 16.8. The largest absolute Gasteiger partial charge is 0.364 e. The lowest BCUT2D eigenvalue weighted by Gasteiger charge is -2.15. The first-order valence-corrected chi connectivity index (χ1v) is 2.65. The topological polar surface area (TPSA) is 33.0 Å². The van der Waals surface area contributed by atoms with Gasteiger partial charge in [0.05, 0.1) is 6.07 Å². The van der Waals surface area contributed by atoms with Crippen molar-refractivity contribution in [3.05, 3.63) is 0 Å². The first kappa shape index (κ1) is 7.45.